The molecule has 0 heterocycles. The van der Waals surface area contributed by atoms with Crippen molar-refractivity contribution in [2.24, 2.45) is 5.92 Å². The van der Waals surface area contributed by atoms with Gasteiger partial charge in [0, 0.05) is 5.30 Å². The fourth-order valence-corrected chi connectivity index (χ4v) is 4.65. The number of benzene rings is 2. The van der Waals surface area contributed by atoms with E-state index in [9.17, 15) is 10.2 Å². The van der Waals surface area contributed by atoms with Crippen LogP contribution in [-0.2, 0) is 12.0 Å². The lowest BCUT2D eigenvalue weighted by molar-refractivity contribution is 0.0797. The van der Waals surface area contributed by atoms with E-state index >= 15 is 0 Å². The summed E-state index contributed by atoms with van der Waals surface area (Å²) >= 11 is 0. The molecule has 0 bridgehead atoms. The maximum Gasteiger partial charge on any atom is 0.126 e. The van der Waals surface area contributed by atoms with E-state index in [1.807, 2.05) is 42.5 Å². The Kier molecular flexibility index (Phi) is 5.42. The van der Waals surface area contributed by atoms with Crippen molar-refractivity contribution in [2.45, 2.75) is 32.3 Å². The van der Waals surface area contributed by atoms with Gasteiger partial charge in [0.2, 0.25) is 0 Å². The third-order valence-corrected chi connectivity index (χ3v) is 5.90. The zero-order valence-corrected chi connectivity index (χ0v) is 15.7. The molecular formula is C22H25O2P. The van der Waals surface area contributed by atoms with Gasteiger partial charge in [-0.3, -0.25) is 0 Å². The highest BCUT2D eigenvalue weighted by atomic mass is 31.1. The van der Waals surface area contributed by atoms with Gasteiger partial charge in [-0.05, 0) is 49.0 Å². The molecular weight excluding hydrogens is 327 g/mol. The van der Waals surface area contributed by atoms with Crippen molar-refractivity contribution >= 4 is 19.2 Å². The van der Waals surface area contributed by atoms with Crippen LogP contribution in [-0.4, -0.2) is 10.2 Å². The van der Waals surface area contributed by atoms with Gasteiger partial charge in [0.05, 0.1) is 5.60 Å². The maximum atomic E-state index is 10.8. The first-order valence-electron chi connectivity index (χ1n) is 8.68. The first-order chi connectivity index (χ1) is 11.9. The fraction of sp³-hybridized carbons (Fsp3) is 0.273. The van der Waals surface area contributed by atoms with Crippen molar-refractivity contribution in [1.82, 2.24) is 0 Å². The van der Waals surface area contributed by atoms with Gasteiger partial charge in [0.15, 0.2) is 0 Å². The molecule has 0 amide bonds. The van der Waals surface area contributed by atoms with E-state index in [2.05, 4.69) is 24.3 Å². The Morgan fingerprint density at radius 3 is 2.52 bits per heavy atom. The van der Waals surface area contributed by atoms with Gasteiger partial charge in [-0.15, -0.1) is 0 Å². The highest BCUT2D eigenvalue weighted by Gasteiger charge is 2.20. The SMILES string of the molecule is CC(C)(O)c1ccccc1Pc1cccc(CC2C=CC=CC2)c1O. The lowest BCUT2D eigenvalue weighted by atomic mass is 9.93. The van der Waals surface area contributed by atoms with Crippen LogP contribution in [0.15, 0.2) is 66.8 Å². The second-order valence-electron chi connectivity index (χ2n) is 7.06. The van der Waals surface area contributed by atoms with Crippen molar-refractivity contribution in [3.05, 3.63) is 77.9 Å². The first-order valence-corrected chi connectivity index (χ1v) is 9.68. The molecule has 2 N–H and O–H groups in total. The fourth-order valence-electron chi connectivity index (χ4n) is 3.19. The lowest BCUT2D eigenvalue weighted by Crippen LogP contribution is -2.24. The summed E-state index contributed by atoms with van der Waals surface area (Å²) in [5.41, 5.74) is 1.02. The second kappa shape index (κ2) is 7.56. The molecule has 2 unspecified atom stereocenters. The highest BCUT2D eigenvalue weighted by molar-refractivity contribution is 7.55. The van der Waals surface area contributed by atoms with Crippen molar-refractivity contribution in [1.29, 1.82) is 0 Å². The summed E-state index contributed by atoms with van der Waals surface area (Å²) in [5, 5.41) is 23.2. The molecule has 2 aromatic rings. The Morgan fingerprint density at radius 2 is 1.80 bits per heavy atom. The van der Waals surface area contributed by atoms with Gasteiger partial charge in [-0.2, -0.15) is 0 Å². The van der Waals surface area contributed by atoms with Gasteiger partial charge in [-0.25, -0.2) is 0 Å². The number of para-hydroxylation sites is 1. The van der Waals surface area contributed by atoms with Crippen LogP contribution >= 0.6 is 8.58 Å². The zero-order chi connectivity index (χ0) is 17.9. The number of aliphatic hydroxyl groups is 1. The van der Waals surface area contributed by atoms with Crippen LogP contribution in [0.1, 0.15) is 31.4 Å². The summed E-state index contributed by atoms with van der Waals surface area (Å²) in [5.74, 6) is 0.840. The molecule has 0 spiro atoms. The molecule has 130 valence electrons. The molecule has 3 heteroatoms. The Labute approximate surface area is 151 Å². The summed E-state index contributed by atoms with van der Waals surface area (Å²) in [4.78, 5) is 0. The monoisotopic (exact) mass is 352 g/mol. The van der Waals surface area contributed by atoms with Crippen LogP contribution < -0.4 is 10.6 Å². The van der Waals surface area contributed by atoms with E-state index in [4.69, 9.17) is 0 Å². The molecule has 25 heavy (non-hydrogen) atoms. The van der Waals surface area contributed by atoms with Crippen molar-refractivity contribution in [2.75, 3.05) is 0 Å². The summed E-state index contributed by atoms with van der Waals surface area (Å²) in [7, 11) is 0.315. The Balaban J connectivity index is 1.86. The highest BCUT2D eigenvalue weighted by Crippen LogP contribution is 2.29. The number of phenolic OH excluding ortho intramolecular Hbond substituents is 1. The Hall–Kier alpha value is -1.89. The average molecular weight is 352 g/mol. The molecule has 2 aromatic carbocycles. The standard InChI is InChI=1S/C22H25O2P/c1-22(2,24)18-12-6-7-13-19(18)25-20-14-8-11-17(21(20)23)15-16-9-4-3-5-10-16/h3-9,11-14,16,23-25H,10,15H2,1-2H3. The molecule has 1 aliphatic carbocycles. The summed E-state index contributed by atoms with van der Waals surface area (Å²) in [6, 6.07) is 13.9. The largest absolute Gasteiger partial charge is 0.507 e. The quantitative estimate of drug-likeness (QED) is 0.801. The topological polar surface area (TPSA) is 40.5 Å². The number of allylic oxidation sites excluding steroid dienone is 4. The van der Waals surface area contributed by atoms with Crippen molar-refractivity contribution < 1.29 is 10.2 Å². The molecule has 0 radical (unpaired) electrons. The van der Waals surface area contributed by atoms with Crippen LogP contribution in [0.2, 0.25) is 0 Å². The van der Waals surface area contributed by atoms with Gasteiger partial charge in [0.25, 0.3) is 0 Å². The molecule has 0 aliphatic heterocycles. The molecule has 0 aromatic heterocycles. The molecule has 0 fully saturated rings. The van der Waals surface area contributed by atoms with Crippen LogP contribution in [0.3, 0.4) is 0 Å². The molecule has 2 atom stereocenters. The predicted molar refractivity (Wildman–Crippen MR) is 107 cm³/mol. The van der Waals surface area contributed by atoms with E-state index < -0.39 is 5.60 Å². The molecule has 3 rings (SSSR count). The normalized spacial score (nSPS) is 17.5. The smallest absolute Gasteiger partial charge is 0.126 e. The molecule has 0 saturated carbocycles. The summed E-state index contributed by atoms with van der Waals surface area (Å²) < 4.78 is 0. The number of aromatic hydroxyl groups is 1. The predicted octanol–water partition coefficient (Wildman–Crippen LogP) is 3.92. The van der Waals surface area contributed by atoms with Gasteiger partial charge < -0.3 is 10.2 Å². The second-order valence-corrected chi connectivity index (χ2v) is 8.38. The van der Waals surface area contributed by atoms with E-state index in [0.717, 1.165) is 34.6 Å². The minimum absolute atomic E-state index is 0.315. The van der Waals surface area contributed by atoms with E-state index in [0.29, 0.717) is 20.2 Å². The first kappa shape index (κ1) is 17.9. The minimum Gasteiger partial charge on any atom is -0.507 e. The number of rotatable bonds is 5. The van der Waals surface area contributed by atoms with Gasteiger partial charge in [0.1, 0.15) is 5.75 Å². The number of hydrogen-bond donors (Lipinski definition) is 2. The van der Waals surface area contributed by atoms with Crippen LogP contribution in [0, 0.1) is 5.92 Å². The molecule has 2 nitrogen and oxygen atoms in total. The zero-order valence-electron chi connectivity index (χ0n) is 14.7. The summed E-state index contributed by atoms with van der Waals surface area (Å²) in [6.07, 6.45) is 10.4. The Bertz CT molecular complexity index is 800. The summed E-state index contributed by atoms with van der Waals surface area (Å²) in [6.45, 7) is 3.60. The minimum atomic E-state index is -0.893. The van der Waals surface area contributed by atoms with Gasteiger partial charge in [-0.1, -0.05) is 75.3 Å². The third-order valence-electron chi connectivity index (χ3n) is 4.53. The molecule has 1 aliphatic rings. The van der Waals surface area contributed by atoms with Crippen LogP contribution in [0.4, 0.5) is 0 Å². The Morgan fingerprint density at radius 1 is 1.04 bits per heavy atom. The number of hydrogen-bond acceptors (Lipinski definition) is 2. The van der Waals surface area contributed by atoms with Crippen LogP contribution in [0.25, 0.3) is 0 Å². The third kappa shape index (κ3) is 4.39. The van der Waals surface area contributed by atoms with Crippen molar-refractivity contribution in [3.63, 3.8) is 0 Å². The van der Waals surface area contributed by atoms with Crippen molar-refractivity contribution in [3.8, 4) is 5.75 Å². The number of phenols is 1. The maximum absolute atomic E-state index is 10.8. The lowest BCUT2D eigenvalue weighted by Gasteiger charge is -2.22. The van der Waals surface area contributed by atoms with Gasteiger partial charge >= 0.3 is 0 Å². The van der Waals surface area contributed by atoms with E-state index in [1.165, 1.54) is 0 Å². The average Bonchev–Trinajstić information content (AvgIpc) is 2.59. The molecule has 0 saturated heterocycles. The van der Waals surface area contributed by atoms with Crippen LogP contribution in [0.5, 0.6) is 5.75 Å². The van der Waals surface area contributed by atoms with E-state index in [1.54, 1.807) is 13.8 Å². The van der Waals surface area contributed by atoms with E-state index in [-0.39, 0.29) is 0 Å².